The fourth-order valence-electron chi connectivity index (χ4n) is 4.04. The molecule has 0 aliphatic carbocycles. The van der Waals surface area contributed by atoms with Crippen molar-refractivity contribution >= 4 is 16.9 Å². The van der Waals surface area contributed by atoms with Gasteiger partial charge in [-0.25, -0.2) is 9.67 Å². The van der Waals surface area contributed by atoms with Gasteiger partial charge in [0.2, 0.25) is 5.88 Å². The summed E-state index contributed by atoms with van der Waals surface area (Å²) in [7, 11) is 1.55. The summed E-state index contributed by atoms with van der Waals surface area (Å²) in [6.07, 6.45) is 3.01. The minimum Gasteiger partial charge on any atom is -0.481 e. The number of nitrogens with zero attached hydrogens (tertiary/aromatic N) is 5. The van der Waals surface area contributed by atoms with Crippen molar-refractivity contribution in [3.63, 3.8) is 0 Å². The fraction of sp³-hybridized carbons (Fsp3) is 0.308. The van der Waals surface area contributed by atoms with Crippen molar-refractivity contribution in [2.24, 2.45) is 5.92 Å². The number of aliphatic hydroxyl groups excluding tert-OH is 1. The van der Waals surface area contributed by atoms with Gasteiger partial charge < -0.3 is 14.9 Å². The maximum Gasteiger partial charge on any atom is 0.309 e. The molecule has 0 spiro atoms. The number of benzene rings is 1. The average molecular weight is 490 g/mol. The smallest absolute Gasteiger partial charge is 0.309 e. The number of carboxylic acid groups (broad SMARTS) is 1. The zero-order chi connectivity index (χ0) is 25.7. The molecule has 0 saturated carbocycles. The summed E-state index contributed by atoms with van der Waals surface area (Å²) in [5.74, 6) is -1.66. The Labute approximate surface area is 207 Å². The zero-order valence-electron chi connectivity index (χ0n) is 20.0. The van der Waals surface area contributed by atoms with Crippen molar-refractivity contribution in [2.75, 3.05) is 7.11 Å². The second-order valence-corrected chi connectivity index (χ2v) is 8.57. The van der Waals surface area contributed by atoms with Gasteiger partial charge in [0.15, 0.2) is 0 Å². The maximum atomic E-state index is 12.7. The van der Waals surface area contributed by atoms with Crippen LogP contribution in [0.4, 0.5) is 0 Å². The summed E-state index contributed by atoms with van der Waals surface area (Å²) in [4.78, 5) is 33.2. The Hall–Kier alpha value is -4.18. The number of aryl methyl sites for hydroxylation is 3. The van der Waals surface area contributed by atoms with E-state index in [1.807, 2.05) is 31.2 Å². The fourth-order valence-corrected chi connectivity index (χ4v) is 4.04. The first-order chi connectivity index (χ1) is 17.4. The number of fused-ring (bicyclic) bond motifs is 1. The molecule has 10 heteroatoms. The second kappa shape index (κ2) is 11.0. The van der Waals surface area contributed by atoms with E-state index in [0.29, 0.717) is 23.2 Å². The van der Waals surface area contributed by atoms with Crippen LogP contribution in [0.5, 0.6) is 5.88 Å². The molecule has 36 heavy (non-hydrogen) atoms. The van der Waals surface area contributed by atoms with Crippen LogP contribution in [0.15, 0.2) is 59.7 Å². The number of aliphatic carboxylic acids is 1. The summed E-state index contributed by atoms with van der Waals surface area (Å²) >= 11 is 0. The van der Waals surface area contributed by atoms with E-state index in [0.717, 1.165) is 27.1 Å². The summed E-state index contributed by atoms with van der Waals surface area (Å²) < 4.78 is 6.22. The van der Waals surface area contributed by atoms with Crippen LogP contribution in [0.2, 0.25) is 0 Å². The van der Waals surface area contributed by atoms with Crippen LogP contribution in [0.25, 0.3) is 22.2 Å². The monoisotopic (exact) mass is 489 g/mol. The highest BCUT2D eigenvalue weighted by Gasteiger charge is 2.26. The molecule has 2 atom stereocenters. The minimum atomic E-state index is -1.12. The van der Waals surface area contributed by atoms with Crippen LogP contribution in [-0.2, 0) is 17.8 Å². The molecule has 186 valence electrons. The van der Waals surface area contributed by atoms with E-state index in [2.05, 4.69) is 20.3 Å². The van der Waals surface area contributed by atoms with Gasteiger partial charge in [-0.15, -0.1) is 5.10 Å². The Morgan fingerprint density at radius 2 is 1.92 bits per heavy atom. The lowest BCUT2D eigenvalue weighted by molar-refractivity contribution is -0.146. The number of carbonyl (C=O) groups is 1. The Morgan fingerprint density at radius 1 is 1.08 bits per heavy atom. The van der Waals surface area contributed by atoms with Gasteiger partial charge in [-0.05, 0) is 55.5 Å². The number of aromatic nitrogens is 5. The van der Waals surface area contributed by atoms with Gasteiger partial charge in [0.25, 0.3) is 5.56 Å². The first-order valence-electron chi connectivity index (χ1n) is 11.6. The molecule has 0 aliphatic heterocycles. The van der Waals surface area contributed by atoms with Crippen LogP contribution in [-0.4, -0.2) is 54.4 Å². The molecule has 1 aromatic carbocycles. The van der Waals surface area contributed by atoms with E-state index in [9.17, 15) is 19.8 Å². The minimum absolute atomic E-state index is 0.0376. The molecule has 0 bridgehead atoms. The molecule has 0 amide bonds. The quantitative estimate of drug-likeness (QED) is 0.344. The van der Waals surface area contributed by atoms with Gasteiger partial charge >= 0.3 is 5.97 Å². The Bertz CT molecular complexity index is 1400. The number of hydrogen-bond acceptors (Lipinski definition) is 8. The molecule has 10 nitrogen and oxygen atoms in total. The number of carboxylic acids is 1. The largest absolute Gasteiger partial charge is 0.481 e. The highest BCUT2D eigenvalue weighted by atomic mass is 16.5. The number of rotatable bonds is 10. The van der Waals surface area contributed by atoms with E-state index >= 15 is 0 Å². The predicted octanol–water partition coefficient (Wildman–Crippen LogP) is 2.65. The van der Waals surface area contributed by atoms with Crippen molar-refractivity contribution in [1.82, 2.24) is 25.0 Å². The van der Waals surface area contributed by atoms with Crippen LogP contribution >= 0.6 is 0 Å². The van der Waals surface area contributed by atoms with Gasteiger partial charge in [-0.3, -0.25) is 14.6 Å². The molecule has 0 saturated heterocycles. The molecule has 0 radical (unpaired) electrons. The molecule has 4 rings (SSSR count). The number of pyridine rings is 2. The first kappa shape index (κ1) is 24.9. The summed E-state index contributed by atoms with van der Waals surface area (Å²) in [6, 6.07) is 12.6. The molecule has 0 aliphatic rings. The lowest BCUT2D eigenvalue weighted by Gasteiger charge is -2.19. The van der Waals surface area contributed by atoms with E-state index in [-0.39, 0.29) is 24.9 Å². The molecule has 0 fully saturated rings. The van der Waals surface area contributed by atoms with Crippen LogP contribution in [0.1, 0.15) is 24.0 Å². The van der Waals surface area contributed by atoms with Crippen LogP contribution in [0.3, 0.4) is 0 Å². The maximum absolute atomic E-state index is 12.7. The van der Waals surface area contributed by atoms with Crippen molar-refractivity contribution in [3.8, 4) is 17.1 Å². The third-order valence-corrected chi connectivity index (χ3v) is 6.18. The molecule has 4 aromatic rings. The average Bonchev–Trinajstić information content (AvgIpc) is 2.89. The third-order valence-electron chi connectivity index (χ3n) is 6.18. The second-order valence-electron chi connectivity index (χ2n) is 8.57. The number of ether oxygens (including phenoxy) is 1. The summed E-state index contributed by atoms with van der Waals surface area (Å²) in [5, 5.41) is 28.8. The van der Waals surface area contributed by atoms with Crippen molar-refractivity contribution < 1.29 is 19.7 Å². The Morgan fingerprint density at radius 3 is 2.58 bits per heavy atom. The summed E-state index contributed by atoms with van der Waals surface area (Å²) in [5.41, 5.74) is 3.49. The SMILES string of the molecule is COc1ccc(-c2ccc(CC[C@@H](O)[C@H](CCn3nnc4c(C)cccc4c3=O)C(=O)O)cn2)cn1. The van der Waals surface area contributed by atoms with Crippen LogP contribution in [0, 0.1) is 12.8 Å². The lowest BCUT2D eigenvalue weighted by Crippen LogP contribution is -2.32. The van der Waals surface area contributed by atoms with Crippen molar-refractivity contribution in [1.29, 1.82) is 0 Å². The molecule has 3 heterocycles. The van der Waals surface area contributed by atoms with Gasteiger partial charge in [0, 0.05) is 30.6 Å². The molecular weight excluding hydrogens is 462 g/mol. The highest BCUT2D eigenvalue weighted by Crippen LogP contribution is 2.20. The first-order valence-corrected chi connectivity index (χ1v) is 11.6. The van der Waals surface area contributed by atoms with Gasteiger partial charge in [0.1, 0.15) is 5.52 Å². The third kappa shape index (κ3) is 5.55. The topological polar surface area (TPSA) is 140 Å². The standard InChI is InChI=1S/C26H27N5O5/c1-16-4-3-5-20-24(16)29-30-31(25(20)33)13-12-19(26(34)35)22(32)10-7-17-6-9-21(27-14-17)18-8-11-23(36-2)28-15-18/h3-6,8-9,11,14-15,19,22,32H,7,10,12-13H2,1-2H3,(H,34,35)/t19-,22+/m0/s1. The van der Waals surface area contributed by atoms with Crippen LogP contribution < -0.4 is 10.3 Å². The molecular formula is C26H27N5O5. The molecule has 2 N–H and O–H groups in total. The van der Waals surface area contributed by atoms with E-state index in [4.69, 9.17) is 4.74 Å². The zero-order valence-corrected chi connectivity index (χ0v) is 20.0. The predicted molar refractivity (Wildman–Crippen MR) is 133 cm³/mol. The van der Waals surface area contributed by atoms with Gasteiger partial charge in [-0.2, -0.15) is 0 Å². The lowest BCUT2D eigenvalue weighted by atomic mass is 9.93. The number of hydrogen-bond donors (Lipinski definition) is 2. The molecule has 3 aromatic heterocycles. The van der Waals surface area contributed by atoms with Crippen molar-refractivity contribution in [2.45, 2.75) is 38.8 Å². The Kier molecular flexibility index (Phi) is 7.65. The molecule has 0 unspecified atom stereocenters. The van der Waals surface area contributed by atoms with E-state index in [1.165, 1.54) is 0 Å². The van der Waals surface area contributed by atoms with Gasteiger partial charge in [0.05, 0.1) is 30.2 Å². The highest BCUT2D eigenvalue weighted by molar-refractivity contribution is 5.79. The number of methoxy groups -OCH3 is 1. The van der Waals surface area contributed by atoms with E-state index in [1.54, 1.807) is 37.7 Å². The number of aliphatic hydroxyl groups is 1. The Balaban J connectivity index is 1.37. The van der Waals surface area contributed by atoms with E-state index < -0.39 is 18.0 Å². The van der Waals surface area contributed by atoms with Gasteiger partial charge in [-0.1, -0.05) is 23.4 Å². The van der Waals surface area contributed by atoms with Crippen molar-refractivity contribution in [3.05, 3.63) is 76.3 Å². The normalized spacial score (nSPS) is 12.9. The summed E-state index contributed by atoms with van der Waals surface area (Å²) in [6.45, 7) is 1.88.